The van der Waals surface area contributed by atoms with Crippen LogP contribution in [0.3, 0.4) is 0 Å². The molecule has 2 heteroatoms. The van der Waals surface area contributed by atoms with Gasteiger partial charge in [0.05, 0.1) is 17.1 Å². The molecule has 0 amide bonds. The van der Waals surface area contributed by atoms with Gasteiger partial charge >= 0.3 is 0 Å². The van der Waals surface area contributed by atoms with E-state index in [1.54, 1.807) is 0 Å². The van der Waals surface area contributed by atoms with Crippen LogP contribution in [0, 0.1) is 17.8 Å². The number of benzene rings is 4. The van der Waals surface area contributed by atoms with Crippen LogP contribution in [0.25, 0.3) is 27.5 Å². The average molecular weight is 543 g/mol. The third-order valence-corrected chi connectivity index (χ3v) is 9.42. The van der Waals surface area contributed by atoms with E-state index in [-0.39, 0.29) is 6.04 Å². The predicted octanol–water partition coefficient (Wildman–Crippen LogP) is 10.1. The molecule has 5 aromatic rings. The first kappa shape index (κ1) is 24.9. The quantitative estimate of drug-likeness (QED) is 0.207. The van der Waals surface area contributed by atoms with Crippen molar-refractivity contribution >= 4 is 33.2 Å². The summed E-state index contributed by atoms with van der Waals surface area (Å²) in [5, 5.41) is 2.60. The fraction of sp³-hybridized carbons (Fsp3) is 0.150. The maximum absolute atomic E-state index is 3.99. The SMILES string of the molecule is C=CC1=CC2C(C=C1)C2c1ccc2c(c1)c1cc(N(c3ccccc3)C3C=CC=CC3C)ccc1n2-c1ccccc1. The lowest BCUT2D eigenvalue weighted by Crippen LogP contribution is -2.35. The molecular formula is C40H34N2. The molecule has 5 atom stereocenters. The first-order valence-electron chi connectivity index (χ1n) is 15.1. The van der Waals surface area contributed by atoms with Crippen LogP contribution in [-0.2, 0) is 0 Å². The summed E-state index contributed by atoms with van der Waals surface area (Å²) in [6.07, 6.45) is 18.0. The average Bonchev–Trinajstić information content (AvgIpc) is 3.68. The molecule has 1 heterocycles. The Morgan fingerprint density at radius 2 is 1.43 bits per heavy atom. The zero-order valence-corrected chi connectivity index (χ0v) is 23.8. The standard InChI is InChI=1S/C40H34N2/c1-3-28-18-21-33-36(24-28)40(33)29-19-22-38-34(25-29)35-26-32(20-23-39(35)42(38)31-15-8-5-9-16-31)41(30-13-6-4-7-14-30)37-17-11-10-12-27(37)2/h3-27,33,36-37,40H,1H2,2H3. The molecule has 0 radical (unpaired) electrons. The van der Waals surface area contributed by atoms with Crippen LogP contribution in [0.4, 0.5) is 11.4 Å². The lowest BCUT2D eigenvalue weighted by molar-refractivity contribution is 0.609. The molecule has 0 spiro atoms. The van der Waals surface area contributed by atoms with Crippen molar-refractivity contribution in [1.82, 2.24) is 4.57 Å². The summed E-state index contributed by atoms with van der Waals surface area (Å²) in [7, 11) is 0. The maximum atomic E-state index is 3.99. The van der Waals surface area contributed by atoms with Crippen molar-refractivity contribution in [3.8, 4) is 5.69 Å². The van der Waals surface area contributed by atoms with Crippen molar-refractivity contribution in [3.05, 3.63) is 163 Å². The highest BCUT2D eigenvalue weighted by Crippen LogP contribution is 2.58. The predicted molar refractivity (Wildman–Crippen MR) is 178 cm³/mol. The van der Waals surface area contributed by atoms with Gasteiger partial charge in [0.15, 0.2) is 0 Å². The fourth-order valence-corrected chi connectivity index (χ4v) is 7.25. The van der Waals surface area contributed by atoms with Gasteiger partial charge in [-0.3, -0.25) is 0 Å². The molecule has 204 valence electrons. The summed E-state index contributed by atoms with van der Waals surface area (Å²) in [6.45, 7) is 6.30. The van der Waals surface area contributed by atoms with Gasteiger partial charge in [-0.25, -0.2) is 0 Å². The summed E-state index contributed by atoms with van der Waals surface area (Å²) in [4.78, 5) is 2.50. The minimum atomic E-state index is 0.236. The molecule has 0 aliphatic heterocycles. The molecule has 5 unspecified atom stereocenters. The van der Waals surface area contributed by atoms with Crippen molar-refractivity contribution in [2.24, 2.45) is 17.8 Å². The molecule has 0 N–H and O–H groups in total. The highest BCUT2D eigenvalue weighted by Gasteiger charge is 2.48. The van der Waals surface area contributed by atoms with Crippen LogP contribution in [0.1, 0.15) is 18.4 Å². The molecule has 4 aromatic carbocycles. The van der Waals surface area contributed by atoms with E-state index in [0.29, 0.717) is 23.7 Å². The van der Waals surface area contributed by atoms with E-state index in [4.69, 9.17) is 0 Å². The number of anilines is 2. The molecular weight excluding hydrogens is 508 g/mol. The van der Waals surface area contributed by atoms with Crippen LogP contribution in [0.5, 0.6) is 0 Å². The summed E-state index contributed by atoms with van der Waals surface area (Å²) in [5.74, 6) is 2.08. The minimum absolute atomic E-state index is 0.236. The lowest BCUT2D eigenvalue weighted by atomic mass is 9.94. The molecule has 3 aliphatic carbocycles. The third-order valence-electron chi connectivity index (χ3n) is 9.42. The van der Waals surface area contributed by atoms with Gasteiger partial charge in [0.2, 0.25) is 0 Å². The van der Waals surface area contributed by atoms with E-state index >= 15 is 0 Å². The van der Waals surface area contributed by atoms with Crippen LogP contribution in [0.2, 0.25) is 0 Å². The smallest absolute Gasteiger partial charge is 0.0585 e. The van der Waals surface area contributed by atoms with E-state index in [9.17, 15) is 0 Å². The van der Waals surface area contributed by atoms with Crippen molar-refractivity contribution in [3.63, 3.8) is 0 Å². The second-order valence-corrected chi connectivity index (χ2v) is 11.9. The zero-order chi connectivity index (χ0) is 28.2. The van der Waals surface area contributed by atoms with E-state index < -0.39 is 0 Å². The van der Waals surface area contributed by atoms with E-state index in [1.165, 1.54) is 50.0 Å². The Hall–Kier alpha value is -4.82. The Kier molecular flexibility index (Phi) is 5.89. The van der Waals surface area contributed by atoms with Gasteiger partial charge < -0.3 is 9.47 Å². The monoisotopic (exact) mass is 542 g/mol. The van der Waals surface area contributed by atoms with Crippen LogP contribution < -0.4 is 4.90 Å². The van der Waals surface area contributed by atoms with Crippen molar-refractivity contribution in [1.29, 1.82) is 0 Å². The highest BCUT2D eigenvalue weighted by molar-refractivity contribution is 6.10. The van der Waals surface area contributed by atoms with Gasteiger partial charge in [-0.2, -0.15) is 0 Å². The summed E-state index contributed by atoms with van der Waals surface area (Å²) < 4.78 is 2.42. The van der Waals surface area contributed by atoms with Crippen LogP contribution >= 0.6 is 0 Å². The lowest BCUT2D eigenvalue weighted by Gasteiger charge is -2.36. The van der Waals surface area contributed by atoms with E-state index in [2.05, 4.69) is 163 Å². The molecule has 1 aromatic heterocycles. The first-order chi connectivity index (χ1) is 20.7. The Morgan fingerprint density at radius 3 is 2.19 bits per heavy atom. The van der Waals surface area contributed by atoms with Gasteiger partial charge in [-0.15, -0.1) is 0 Å². The number of fused-ring (bicyclic) bond motifs is 4. The number of hydrogen-bond donors (Lipinski definition) is 0. The van der Waals surface area contributed by atoms with Gasteiger partial charge in [0.1, 0.15) is 0 Å². The molecule has 0 saturated heterocycles. The topological polar surface area (TPSA) is 8.17 Å². The number of aromatic nitrogens is 1. The first-order valence-corrected chi connectivity index (χ1v) is 15.1. The number of rotatable bonds is 6. The largest absolute Gasteiger partial charge is 0.334 e. The highest BCUT2D eigenvalue weighted by atomic mass is 15.2. The van der Waals surface area contributed by atoms with Crippen LogP contribution in [0.15, 0.2) is 158 Å². The third kappa shape index (κ3) is 4.01. The van der Waals surface area contributed by atoms with E-state index in [1.807, 2.05) is 6.08 Å². The minimum Gasteiger partial charge on any atom is -0.334 e. The van der Waals surface area contributed by atoms with Gasteiger partial charge in [-0.05, 0) is 89.4 Å². The Labute approximate surface area is 247 Å². The summed E-state index contributed by atoms with van der Waals surface area (Å²) in [5.41, 5.74) is 8.76. The van der Waals surface area contributed by atoms with Gasteiger partial charge in [-0.1, -0.05) is 105 Å². The molecule has 2 nitrogen and oxygen atoms in total. The van der Waals surface area contributed by atoms with Crippen molar-refractivity contribution in [2.75, 3.05) is 4.90 Å². The molecule has 42 heavy (non-hydrogen) atoms. The van der Waals surface area contributed by atoms with Crippen molar-refractivity contribution in [2.45, 2.75) is 18.9 Å². The maximum Gasteiger partial charge on any atom is 0.0585 e. The van der Waals surface area contributed by atoms with E-state index in [0.717, 1.165) is 0 Å². The Morgan fingerprint density at radius 1 is 0.714 bits per heavy atom. The number of hydrogen-bond acceptors (Lipinski definition) is 1. The zero-order valence-electron chi connectivity index (χ0n) is 23.8. The Balaban J connectivity index is 1.32. The fourth-order valence-electron chi connectivity index (χ4n) is 7.25. The number of nitrogens with zero attached hydrogens (tertiary/aromatic N) is 2. The number of para-hydroxylation sites is 2. The second kappa shape index (κ2) is 9.92. The van der Waals surface area contributed by atoms with Crippen molar-refractivity contribution < 1.29 is 0 Å². The summed E-state index contributed by atoms with van der Waals surface area (Å²) in [6, 6.07) is 36.0. The molecule has 0 bridgehead atoms. The Bertz CT molecular complexity index is 1940. The summed E-state index contributed by atoms with van der Waals surface area (Å²) >= 11 is 0. The molecule has 1 saturated carbocycles. The second-order valence-electron chi connectivity index (χ2n) is 11.9. The van der Waals surface area contributed by atoms with Crippen LogP contribution in [-0.4, -0.2) is 10.6 Å². The van der Waals surface area contributed by atoms with Gasteiger partial charge in [0, 0.05) is 27.8 Å². The molecule has 8 rings (SSSR count). The van der Waals surface area contributed by atoms with Gasteiger partial charge in [0.25, 0.3) is 0 Å². The molecule has 3 aliphatic rings. The normalized spacial score (nSPS) is 24.0. The molecule has 1 fully saturated rings. The number of allylic oxidation sites excluding steroid dienone is 7.